The third-order valence-electron chi connectivity index (χ3n) is 5.12. The standard InChI is InChI=1S/C21H22ClN3O2S/c1-14-3-2-4-16(11-14)24-7-9-25(10-8-24)20(26)13-19-21(27)23-17-12-15(22)5-6-18(17)28-19/h2-6,11-12,19H,7-10,13H2,1H3,(H,23,27)/t19-/m1/s1. The number of hydrogen-bond donors (Lipinski definition) is 1. The largest absolute Gasteiger partial charge is 0.368 e. The highest BCUT2D eigenvalue weighted by atomic mass is 35.5. The van der Waals surface area contributed by atoms with Crippen LogP contribution in [0.4, 0.5) is 11.4 Å². The molecule has 0 aliphatic carbocycles. The van der Waals surface area contributed by atoms with Crippen LogP contribution in [0.5, 0.6) is 0 Å². The van der Waals surface area contributed by atoms with E-state index in [0.29, 0.717) is 18.1 Å². The van der Waals surface area contributed by atoms with E-state index in [1.807, 2.05) is 11.0 Å². The number of rotatable bonds is 3. The number of anilines is 2. The lowest BCUT2D eigenvalue weighted by atomic mass is 10.1. The van der Waals surface area contributed by atoms with Gasteiger partial charge in [0.2, 0.25) is 11.8 Å². The van der Waals surface area contributed by atoms with E-state index in [1.165, 1.54) is 23.0 Å². The predicted molar refractivity (Wildman–Crippen MR) is 114 cm³/mol. The summed E-state index contributed by atoms with van der Waals surface area (Å²) in [6.45, 7) is 5.05. The maximum absolute atomic E-state index is 12.8. The maximum Gasteiger partial charge on any atom is 0.238 e. The summed E-state index contributed by atoms with van der Waals surface area (Å²) < 4.78 is 0. The van der Waals surface area contributed by atoms with Gasteiger partial charge < -0.3 is 15.1 Å². The van der Waals surface area contributed by atoms with Crippen LogP contribution in [0.2, 0.25) is 5.02 Å². The Hall–Kier alpha value is -2.18. The van der Waals surface area contributed by atoms with Gasteiger partial charge in [0.1, 0.15) is 0 Å². The van der Waals surface area contributed by atoms with E-state index < -0.39 is 5.25 Å². The minimum atomic E-state index is -0.407. The van der Waals surface area contributed by atoms with Crippen molar-refractivity contribution in [3.63, 3.8) is 0 Å². The van der Waals surface area contributed by atoms with Crippen molar-refractivity contribution in [2.24, 2.45) is 0 Å². The molecule has 0 radical (unpaired) electrons. The Balaban J connectivity index is 1.35. The van der Waals surface area contributed by atoms with Crippen molar-refractivity contribution in [3.8, 4) is 0 Å². The van der Waals surface area contributed by atoms with Crippen LogP contribution in [0, 0.1) is 6.92 Å². The number of carbonyl (C=O) groups is 2. The van der Waals surface area contributed by atoms with Gasteiger partial charge in [-0.2, -0.15) is 0 Å². The Morgan fingerprint density at radius 3 is 2.71 bits per heavy atom. The van der Waals surface area contributed by atoms with Crippen molar-refractivity contribution in [2.45, 2.75) is 23.5 Å². The van der Waals surface area contributed by atoms with E-state index >= 15 is 0 Å². The van der Waals surface area contributed by atoms with Crippen molar-refractivity contribution in [2.75, 3.05) is 36.4 Å². The molecule has 146 valence electrons. The number of carbonyl (C=O) groups excluding carboxylic acids is 2. The summed E-state index contributed by atoms with van der Waals surface area (Å²) in [7, 11) is 0. The van der Waals surface area contributed by atoms with Crippen molar-refractivity contribution in [1.82, 2.24) is 4.90 Å². The van der Waals surface area contributed by atoms with Crippen LogP contribution in [-0.2, 0) is 9.59 Å². The van der Waals surface area contributed by atoms with Gasteiger partial charge in [0, 0.05) is 48.2 Å². The normalized spacial score (nSPS) is 19.2. The summed E-state index contributed by atoms with van der Waals surface area (Å²) in [6.07, 6.45) is 0.211. The van der Waals surface area contributed by atoms with Crippen LogP contribution in [0.15, 0.2) is 47.4 Å². The Bertz CT molecular complexity index is 912. The number of amides is 2. The zero-order chi connectivity index (χ0) is 19.7. The Morgan fingerprint density at radius 1 is 1.18 bits per heavy atom. The lowest BCUT2D eigenvalue weighted by Gasteiger charge is -2.37. The highest BCUT2D eigenvalue weighted by Gasteiger charge is 2.31. The molecule has 1 saturated heterocycles. The molecule has 0 spiro atoms. The van der Waals surface area contributed by atoms with Crippen LogP contribution in [0.1, 0.15) is 12.0 Å². The molecule has 1 atom stereocenters. The average Bonchev–Trinajstić information content (AvgIpc) is 2.69. The van der Waals surface area contributed by atoms with Crippen molar-refractivity contribution >= 4 is 46.6 Å². The second-order valence-corrected chi connectivity index (χ2v) is 8.83. The second-order valence-electron chi connectivity index (χ2n) is 7.15. The minimum Gasteiger partial charge on any atom is -0.368 e. The first-order valence-corrected chi connectivity index (χ1v) is 10.6. The van der Waals surface area contributed by atoms with Gasteiger partial charge in [-0.25, -0.2) is 0 Å². The highest BCUT2D eigenvalue weighted by Crippen LogP contribution is 2.38. The first kappa shape index (κ1) is 19.2. The second kappa shape index (κ2) is 8.05. The molecule has 4 rings (SSSR count). The van der Waals surface area contributed by atoms with Crippen LogP contribution in [0.3, 0.4) is 0 Å². The molecule has 28 heavy (non-hydrogen) atoms. The lowest BCUT2D eigenvalue weighted by Crippen LogP contribution is -2.49. The summed E-state index contributed by atoms with van der Waals surface area (Å²) in [5, 5.41) is 3.05. The van der Waals surface area contributed by atoms with Crippen LogP contribution >= 0.6 is 23.4 Å². The van der Waals surface area contributed by atoms with Crippen LogP contribution in [-0.4, -0.2) is 48.1 Å². The number of nitrogens with zero attached hydrogens (tertiary/aromatic N) is 2. The number of benzene rings is 2. The van der Waals surface area contributed by atoms with Crippen molar-refractivity contribution in [3.05, 3.63) is 53.1 Å². The van der Waals surface area contributed by atoms with Gasteiger partial charge in [0.25, 0.3) is 0 Å². The molecule has 0 unspecified atom stereocenters. The molecule has 2 amide bonds. The summed E-state index contributed by atoms with van der Waals surface area (Å²) in [4.78, 5) is 30.3. The highest BCUT2D eigenvalue weighted by molar-refractivity contribution is 8.01. The van der Waals surface area contributed by atoms with Crippen molar-refractivity contribution < 1.29 is 9.59 Å². The van der Waals surface area contributed by atoms with Gasteiger partial charge in [-0.15, -0.1) is 11.8 Å². The Kier molecular flexibility index (Phi) is 5.51. The number of nitrogens with one attached hydrogen (secondary N) is 1. The van der Waals surface area contributed by atoms with Gasteiger partial charge >= 0.3 is 0 Å². The zero-order valence-corrected chi connectivity index (χ0v) is 17.2. The van der Waals surface area contributed by atoms with Crippen molar-refractivity contribution in [1.29, 1.82) is 0 Å². The summed E-state index contributed by atoms with van der Waals surface area (Å²) in [5.74, 6) is -0.0968. The van der Waals surface area contributed by atoms with Gasteiger partial charge in [0.05, 0.1) is 10.9 Å². The number of halogens is 1. The smallest absolute Gasteiger partial charge is 0.238 e. The molecule has 7 heteroatoms. The molecule has 2 aromatic carbocycles. The zero-order valence-electron chi connectivity index (χ0n) is 15.7. The number of piperazine rings is 1. The molecule has 5 nitrogen and oxygen atoms in total. The Morgan fingerprint density at radius 2 is 1.96 bits per heavy atom. The van der Waals surface area contributed by atoms with Crippen LogP contribution < -0.4 is 10.2 Å². The van der Waals surface area contributed by atoms with E-state index in [9.17, 15) is 9.59 Å². The molecule has 0 bridgehead atoms. The van der Waals surface area contributed by atoms with E-state index in [-0.39, 0.29) is 18.2 Å². The van der Waals surface area contributed by atoms with E-state index in [0.717, 1.165) is 23.7 Å². The van der Waals surface area contributed by atoms with Gasteiger partial charge in [-0.05, 0) is 42.8 Å². The Labute approximate surface area is 174 Å². The monoisotopic (exact) mass is 415 g/mol. The molecule has 1 N–H and O–H groups in total. The lowest BCUT2D eigenvalue weighted by molar-refractivity contribution is -0.132. The summed E-state index contributed by atoms with van der Waals surface area (Å²) >= 11 is 7.42. The fraction of sp³-hybridized carbons (Fsp3) is 0.333. The molecule has 2 aliphatic rings. The maximum atomic E-state index is 12.8. The summed E-state index contributed by atoms with van der Waals surface area (Å²) in [5.41, 5.74) is 3.15. The van der Waals surface area contributed by atoms with Gasteiger partial charge in [-0.3, -0.25) is 9.59 Å². The summed E-state index contributed by atoms with van der Waals surface area (Å²) in [6, 6.07) is 13.9. The third-order valence-corrected chi connectivity index (χ3v) is 6.63. The first-order chi connectivity index (χ1) is 13.5. The van der Waals surface area contributed by atoms with Crippen LogP contribution in [0.25, 0.3) is 0 Å². The minimum absolute atomic E-state index is 0.0361. The quantitative estimate of drug-likeness (QED) is 0.828. The first-order valence-electron chi connectivity index (χ1n) is 9.36. The fourth-order valence-electron chi connectivity index (χ4n) is 3.58. The number of thioether (sulfide) groups is 1. The number of fused-ring (bicyclic) bond motifs is 1. The SMILES string of the molecule is Cc1cccc(N2CCN(C(=O)C[C@H]3Sc4ccc(Cl)cc4NC3=O)CC2)c1. The molecule has 0 aromatic heterocycles. The number of hydrogen-bond acceptors (Lipinski definition) is 4. The molecular weight excluding hydrogens is 394 g/mol. The molecule has 2 aromatic rings. The molecule has 1 fully saturated rings. The number of aryl methyl sites for hydroxylation is 1. The molecule has 2 aliphatic heterocycles. The third kappa shape index (κ3) is 4.13. The molecule has 0 saturated carbocycles. The van der Waals surface area contributed by atoms with E-state index in [1.54, 1.807) is 12.1 Å². The van der Waals surface area contributed by atoms with Gasteiger partial charge in [0.15, 0.2) is 0 Å². The molecule has 2 heterocycles. The topological polar surface area (TPSA) is 52.6 Å². The van der Waals surface area contributed by atoms with Gasteiger partial charge in [-0.1, -0.05) is 23.7 Å². The average molecular weight is 416 g/mol. The predicted octanol–water partition coefficient (Wildman–Crippen LogP) is 3.80. The molecular formula is C21H22ClN3O2S. The van der Waals surface area contributed by atoms with E-state index in [2.05, 4.69) is 41.4 Å². The fourth-order valence-corrected chi connectivity index (χ4v) is 4.84. The van der Waals surface area contributed by atoms with E-state index in [4.69, 9.17) is 11.6 Å².